The summed E-state index contributed by atoms with van der Waals surface area (Å²) in [6, 6.07) is 15.8. The van der Waals surface area contributed by atoms with Gasteiger partial charge in [-0.1, -0.05) is 85.1 Å². The predicted molar refractivity (Wildman–Crippen MR) is 124 cm³/mol. The van der Waals surface area contributed by atoms with Crippen LogP contribution in [0.1, 0.15) is 38.2 Å². The first kappa shape index (κ1) is 20.6. The van der Waals surface area contributed by atoms with E-state index in [0.29, 0.717) is 20.9 Å². The van der Waals surface area contributed by atoms with Crippen molar-refractivity contribution in [2.75, 3.05) is 5.32 Å². The molecular weight excluding hydrogens is 423 g/mol. The highest BCUT2D eigenvalue weighted by Crippen LogP contribution is 2.42. The van der Waals surface area contributed by atoms with Gasteiger partial charge in [0.05, 0.1) is 15.0 Å². The summed E-state index contributed by atoms with van der Waals surface area (Å²) in [7, 11) is 0. The smallest absolute Gasteiger partial charge is 0.262 e. The van der Waals surface area contributed by atoms with E-state index >= 15 is 0 Å². The summed E-state index contributed by atoms with van der Waals surface area (Å²) in [5, 5.41) is 4.52. The van der Waals surface area contributed by atoms with Crippen molar-refractivity contribution in [3.05, 3.63) is 69.0 Å². The van der Waals surface area contributed by atoms with Crippen LogP contribution in [0, 0.1) is 5.92 Å². The average Bonchev–Trinajstić information content (AvgIpc) is 3.01. The number of para-hydroxylation sites is 1. The van der Waals surface area contributed by atoms with E-state index in [4.69, 9.17) is 23.2 Å². The van der Waals surface area contributed by atoms with Gasteiger partial charge in [-0.2, -0.15) is 0 Å². The first-order valence-electron chi connectivity index (χ1n) is 10.0. The van der Waals surface area contributed by atoms with E-state index in [-0.39, 0.29) is 17.4 Å². The second-order valence-corrected chi connectivity index (χ2v) is 9.58. The van der Waals surface area contributed by atoms with Crippen molar-refractivity contribution in [1.82, 2.24) is 4.90 Å². The molecule has 1 saturated carbocycles. The van der Waals surface area contributed by atoms with Crippen LogP contribution in [0.15, 0.2) is 53.4 Å². The molecule has 4 rings (SSSR count). The number of halogens is 2. The Labute approximate surface area is 186 Å². The Hall–Kier alpha value is -1.62. The van der Waals surface area contributed by atoms with E-state index in [0.717, 1.165) is 24.1 Å². The molecule has 0 aromatic heterocycles. The lowest BCUT2D eigenvalue weighted by atomic mass is 9.85. The molecule has 152 valence electrons. The van der Waals surface area contributed by atoms with Crippen LogP contribution in [0.25, 0.3) is 6.08 Å². The number of amides is 1. The van der Waals surface area contributed by atoms with Crippen molar-refractivity contribution in [1.29, 1.82) is 0 Å². The number of hydrogen-bond acceptors (Lipinski definition) is 3. The summed E-state index contributed by atoms with van der Waals surface area (Å²) < 4.78 is 0. The van der Waals surface area contributed by atoms with Crippen molar-refractivity contribution in [3.63, 3.8) is 0 Å². The van der Waals surface area contributed by atoms with Gasteiger partial charge in [0.2, 0.25) is 0 Å². The van der Waals surface area contributed by atoms with Crippen LogP contribution in [0.3, 0.4) is 0 Å². The lowest BCUT2D eigenvalue weighted by Gasteiger charge is -2.39. The first-order valence-corrected chi connectivity index (χ1v) is 11.6. The summed E-state index contributed by atoms with van der Waals surface area (Å²) >= 11 is 14.1. The molecule has 1 heterocycles. The van der Waals surface area contributed by atoms with Gasteiger partial charge in [-0.15, -0.1) is 0 Å². The lowest BCUT2D eigenvalue weighted by Crippen LogP contribution is -2.48. The maximum Gasteiger partial charge on any atom is 0.262 e. The SMILES string of the molecule is C[C@@H]1CCCC[C@@H]1N1C(=O)/C(=C/c2cccc(Cl)c2Cl)SC1Nc1ccccc1. The zero-order valence-corrected chi connectivity index (χ0v) is 18.6. The lowest BCUT2D eigenvalue weighted by molar-refractivity contribution is -0.129. The van der Waals surface area contributed by atoms with Crippen LogP contribution in [-0.4, -0.2) is 22.3 Å². The number of benzene rings is 2. The summed E-state index contributed by atoms with van der Waals surface area (Å²) in [5.74, 6) is 0.556. The molecule has 29 heavy (non-hydrogen) atoms. The van der Waals surface area contributed by atoms with Crippen molar-refractivity contribution in [3.8, 4) is 0 Å². The van der Waals surface area contributed by atoms with Gasteiger partial charge in [-0.3, -0.25) is 4.79 Å². The minimum atomic E-state index is -0.139. The standard InChI is InChI=1S/C23H24Cl2N2OS/c1-15-8-5-6-13-19(15)27-22(28)20(14-16-9-7-12-18(24)21(16)25)29-23(27)26-17-10-3-2-4-11-17/h2-4,7,9-12,14-15,19,23,26H,5-6,8,13H2,1H3/b20-14-/t15-,19+,23?/m1/s1. The fourth-order valence-electron chi connectivity index (χ4n) is 4.14. The third-order valence-corrected chi connectivity index (χ3v) is 7.64. The molecule has 3 nitrogen and oxygen atoms in total. The Balaban J connectivity index is 1.67. The summed E-state index contributed by atoms with van der Waals surface area (Å²) in [6.45, 7) is 2.26. The number of thioether (sulfide) groups is 1. The zero-order valence-electron chi connectivity index (χ0n) is 16.3. The molecule has 0 bridgehead atoms. The van der Waals surface area contributed by atoms with Gasteiger partial charge >= 0.3 is 0 Å². The van der Waals surface area contributed by atoms with Crippen LogP contribution in [0.4, 0.5) is 5.69 Å². The quantitative estimate of drug-likeness (QED) is 0.519. The van der Waals surface area contributed by atoms with Gasteiger partial charge in [0, 0.05) is 11.7 Å². The molecule has 1 unspecified atom stereocenters. The third-order valence-electron chi connectivity index (χ3n) is 5.69. The molecule has 6 heteroatoms. The number of carbonyl (C=O) groups excluding carboxylic acids is 1. The monoisotopic (exact) mass is 446 g/mol. The van der Waals surface area contributed by atoms with Gasteiger partial charge in [-0.05, 0) is 48.6 Å². The first-order chi connectivity index (χ1) is 14.0. The van der Waals surface area contributed by atoms with Crippen LogP contribution < -0.4 is 5.32 Å². The molecule has 2 fully saturated rings. The molecule has 1 aliphatic carbocycles. The normalized spacial score (nSPS) is 26.2. The Morgan fingerprint density at radius 2 is 1.83 bits per heavy atom. The topological polar surface area (TPSA) is 32.3 Å². The highest BCUT2D eigenvalue weighted by atomic mass is 35.5. The average molecular weight is 447 g/mol. The number of carbonyl (C=O) groups is 1. The second-order valence-electron chi connectivity index (χ2n) is 7.67. The van der Waals surface area contributed by atoms with E-state index in [1.807, 2.05) is 53.4 Å². The molecule has 2 aliphatic rings. The highest BCUT2D eigenvalue weighted by Gasteiger charge is 2.42. The molecule has 1 N–H and O–H groups in total. The highest BCUT2D eigenvalue weighted by molar-refractivity contribution is 8.05. The minimum absolute atomic E-state index is 0.0678. The molecule has 3 atom stereocenters. The Bertz CT molecular complexity index is 918. The largest absolute Gasteiger partial charge is 0.356 e. The Morgan fingerprint density at radius 1 is 1.07 bits per heavy atom. The van der Waals surface area contributed by atoms with Crippen LogP contribution in [-0.2, 0) is 4.79 Å². The molecule has 1 aliphatic heterocycles. The van der Waals surface area contributed by atoms with Crippen LogP contribution >= 0.6 is 35.0 Å². The van der Waals surface area contributed by atoms with Crippen molar-refractivity contribution in [2.24, 2.45) is 5.92 Å². The molecule has 2 aromatic rings. The Morgan fingerprint density at radius 3 is 2.59 bits per heavy atom. The van der Waals surface area contributed by atoms with Gasteiger partial charge < -0.3 is 10.2 Å². The van der Waals surface area contributed by atoms with Gasteiger partial charge in [-0.25, -0.2) is 0 Å². The van der Waals surface area contributed by atoms with E-state index in [2.05, 4.69) is 12.2 Å². The van der Waals surface area contributed by atoms with Gasteiger partial charge in [0.15, 0.2) is 5.50 Å². The summed E-state index contributed by atoms with van der Waals surface area (Å²) in [5.41, 5.74) is 1.64. The predicted octanol–water partition coefficient (Wildman–Crippen LogP) is 6.88. The number of hydrogen-bond donors (Lipinski definition) is 1. The maximum atomic E-state index is 13.5. The maximum absolute atomic E-state index is 13.5. The number of rotatable bonds is 4. The fourth-order valence-corrected chi connectivity index (χ4v) is 5.71. The van der Waals surface area contributed by atoms with E-state index in [1.165, 1.54) is 12.8 Å². The molecule has 1 saturated heterocycles. The molecular formula is C23H24Cl2N2OS. The van der Waals surface area contributed by atoms with Gasteiger partial charge in [0.25, 0.3) is 5.91 Å². The van der Waals surface area contributed by atoms with Crippen molar-refractivity contribution in [2.45, 2.75) is 44.1 Å². The molecule has 1 amide bonds. The van der Waals surface area contributed by atoms with Crippen LogP contribution in [0.2, 0.25) is 10.0 Å². The van der Waals surface area contributed by atoms with E-state index in [9.17, 15) is 4.79 Å². The fraction of sp³-hybridized carbons (Fsp3) is 0.348. The Kier molecular flexibility index (Phi) is 6.43. The van der Waals surface area contributed by atoms with E-state index < -0.39 is 0 Å². The zero-order chi connectivity index (χ0) is 20.4. The molecule has 2 aromatic carbocycles. The molecule has 0 radical (unpaired) electrons. The van der Waals surface area contributed by atoms with Gasteiger partial charge in [0.1, 0.15) is 0 Å². The summed E-state index contributed by atoms with van der Waals surface area (Å²) in [6.07, 6.45) is 6.49. The minimum Gasteiger partial charge on any atom is -0.356 e. The van der Waals surface area contributed by atoms with Crippen LogP contribution in [0.5, 0.6) is 0 Å². The second kappa shape index (κ2) is 9.03. The number of nitrogens with zero attached hydrogens (tertiary/aromatic N) is 1. The third kappa shape index (κ3) is 4.45. The van der Waals surface area contributed by atoms with Crippen molar-refractivity contribution < 1.29 is 4.79 Å². The molecule has 0 spiro atoms. The van der Waals surface area contributed by atoms with E-state index in [1.54, 1.807) is 17.8 Å². The summed E-state index contributed by atoms with van der Waals surface area (Å²) in [4.78, 5) is 16.2. The number of anilines is 1. The number of nitrogens with one attached hydrogen (secondary N) is 1. The van der Waals surface area contributed by atoms with Crippen molar-refractivity contribution >= 4 is 52.6 Å².